The van der Waals surface area contributed by atoms with E-state index in [0.717, 1.165) is 15.7 Å². The highest BCUT2D eigenvalue weighted by Crippen LogP contribution is 2.27. The zero-order chi connectivity index (χ0) is 13.7. The Hall–Kier alpha value is -1.52. The summed E-state index contributed by atoms with van der Waals surface area (Å²) in [6.45, 7) is 0. The maximum absolute atomic E-state index is 6.02. The van der Waals surface area contributed by atoms with Gasteiger partial charge in [0.2, 0.25) is 0 Å². The molecule has 0 fully saturated rings. The molecule has 19 heavy (non-hydrogen) atoms. The Labute approximate surface area is 125 Å². The first-order valence-electron chi connectivity index (χ1n) is 5.57. The van der Waals surface area contributed by atoms with E-state index in [1.165, 1.54) is 0 Å². The molecule has 0 unspecified atom stereocenters. The largest absolute Gasteiger partial charge is 0.495 e. The maximum atomic E-state index is 6.02. The van der Waals surface area contributed by atoms with E-state index in [9.17, 15) is 0 Å². The second-order valence-electron chi connectivity index (χ2n) is 3.77. The number of anilines is 1. The molecule has 0 heterocycles. The van der Waals surface area contributed by atoms with Crippen LogP contribution in [0.25, 0.3) is 0 Å². The van der Waals surface area contributed by atoms with Crippen molar-refractivity contribution >= 4 is 39.4 Å². The number of hydrazone groups is 1. The number of benzene rings is 2. The van der Waals surface area contributed by atoms with E-state index < -0.39 is 0 Å². The van der Waals surface area contributed by atoms with Gasteiger partial charge in [0.15, 0.2) is 0 Å². The van der Waals surface area contributed by atoms with Crippen molar-refractivity contribution in [2.45, 2.75) is 0 Å². The summed E-state index contributed by atoms with van der Waals surface area (Å²) in [4.78, 5) is 0. The van der Waals surface area contributed by atoms with Crippen molar-refractivity contribution in [2.75, 3.05) is 12.5 Å². The van der Waals surface area contributed by atoms with E-state index >= 15 is 0 Å². The summed E-state index contributed by atoms with van der Waals surface area (Å²) in [6.07, 6.45) is 1.74. The van der Waals surface area contributed by atoms with Gasteiger partial charge in [0, 0.05) is 4.47 Å². The SMILES string of the molecule is COc1ccc(N/N=C/c2ccc(Br)cc2)cc1Cl. The lowest BCUT2D eigenvalue weighted by Gasteiger charge is -2.05. The average molecular weight is 340 g/mol. The molecule has 2 rings (SSSR count). The minimum absolute atomic E-state index is 0.548. The number of halogens is 2. The van der Waals surface area contributed by atoms with Gasteiger partial charge in [-0.2, -0.15) is 5.10 Å². The van der Waals surface area contributed by atoms with Gasteiger partial charge in [-0.3, -0.25) is 5.43 Å². The number of hydrogen-bond acceptors (Lipinski definition) is 3. The fourth-order valence-corrected chi connectivity index (χ4v) is 1.99. The second-order valence-corrected chi connectivity index (χ2v) is 5.09. The van der Waals surface area contributed by atoms with Crippen molar-refractivity contribution in [3.63, 3.8) is 0 Å². The summed E-state index contributed by atoms with van der Waals surface area (Å²) in [5.41, 5.74) is 4.73. The average Bonchev–Trinajstić information content (AvgIpc) is 2.41. The maximum Gasteiger partial charge on any atom is 0.137 e. The molecule has 0 radical (unpaired) electrons. The monoisotopic (exact) mass is 338 g/mol. The van der Waals surface area contributed by atoms with E-state index in [1.807, 2.05) is 30.3 Å². The van der Waals surface area contributed by atoms with E-state index in [1.54, 1.807) is 25.5 Å². The van der Waals surface area contributed by atoms with Gasteiger partial charge in [-0.05, 0) is 35.9 Å². The third-order valence-corrected chi connectivity index (χ3v) is 3.25. The summed E-state index contributed by atoms with van der Waals surface area (Å²) >= 11 is 9.41. The lowest BCUT2D eigenvalue weighted by Crippen LogP contribution is -1.91. The minimum atomic E-state index is 0.548. The number of nitrogens with zero attached hydrogens (tertiary/aromatic N) is 1. The van der Waals surface area contributed by atoms with Crippen LogP contribution in [0.5, 0.6) is 5.75 Å². The Bertz CT molecular complexity index is 584. The molecule has 0 saturated carbocycles. The zero-order valence-corrected chi connectivity index (χ0v) is 12.6. The molecule has 2 aromatic rings. The fraction of sp³-hybridized carbons (Fsp3) is 0.0714. The molecule has 98 valence electrons. The third kappa shape index (κ3) is 3.98. The molecule has 0 bridgehead atoms. The van der Waals surface area contributed by atoms with Crippen LogP contribution in [-0.4, -0.2) is 13.3 Å². The molecule has 3 nitrogen and oxygen atoms in total. The Morgan fingerprint density at radius 1 is 1.21 bits per heavy atom. The zero-order valence-electron chi connectivity index (χ0n) is 10.2. The molecule has 0 spiro atoms. The fourth-order valence-electron chi connectivity index (χ4n) is 1.47. The van der Waals surface area contributed by atoms with E-state index in [4.69, 9.17) is 16.3 Å². The van der Waals surface area contributed by atoms with Crippen molar-refractivity contribution in [3.05, 3.63) is 57.5 Å². The second kappa shape index (κ2) is 6.59. The van der Waals surface area contributed by atoms with Crippen LogP contribution in [0.15, 0.2) is 52.0 Å². The molecule has 0 aromatic heterocycles. The number of nitrogens with one attached hydrogen (secondary N) is 1. The van der Waals surface area contributed by atoms with Crippen LogP contribution in [0.2, 0.25) is 5.02 Å². The van der Waals surface area contributed by atoms with Crippen LogP contribution >= 0.6 is 27.5 Å². The number of rotatable bonds is 4. The Morgan fingerprint density at radius 2 is 1.95 bits per heavy atom. The quantitative estimate of drug-likeness (QED) is 0.654. The Morgan fingerprint density at radius 3 is 2.58 bits per heavy atom. The molecular formula is C14H12BrClN2O. The normalized spacial score (nSPS) is 10.7. The van der Waals surface area contributed by atoms with Crippen LogP contribution in [0.1, 0.15) is 5.56 Å². The first-order valence-corrected chi connectivity index (χ1v) is 6.74. The molecule has 0 aliphatic rings. The Balaban J connectivity index is 2.02. The van der Waals surface area contributed by atoms with E-state index in [0.29, 0.717) is 10.8 Å². The van der Waals surface area contributed by atoms with Gasteiger partial charge in [0.25, 0.3) is 0 Å². The van der Waals surface area contributed by atoms with Crippen molar-refractivity contribution in [3.8, 4) is 5.75 Å². The van der Waals surface area contributed by atoms with Crippen LogP contribution in [-0.2, 0) is 0 Å². The standard InChI is InChI=1S/C14H12BrClN2O/c1-19-14-7-6-12(8-13(14)16)18-17-9-10-2-4-11(15)5-3-10/h2-9,18H,1H3/b17-9+. The smallest absolute Gasteiger partial charge is 0.137 e. The summed E-state index contributed by atoms with van der Waals surface area (Å²) in [5.74, 6) is 0.643. The highest BCUT2D eigenvalue weighted by Gasteiger charge is 2.00. The molecule has 0 amide bonds. The minimum Gasteiger partial charge on any atom is -0.495 e. The van der Waals surface area contributed by atoms with Gasteiger partial charge >= 0.3 is 0 Å². The lowest BCUT2D eigenvalue weighted by atomic mass is 10.2. The third-order valence-electron chi connectivity index (χ3n) is 2.43. The molecule has 0 atom stereocenters. The number of hydrogen-bond donors (Lipinski definition) is 1. The molecular weight excluding hydrogens is 328 g/mol. The van der Waals surface area contributed by atoms with Gasteiger partial charge in [0.05, 0.1) is 24.0 Å². The summed E-state index contributed by atoms with van der Waals surface area (Å²) in [5, 5.41) is 4.70. The molecule has 0 aliphatic heterocycles. The molecule has 1 N–H and O–H groups in total. The predicted octanol–water partition coefficient (Wildman–Crippen LogP) is 4.56. The molecule has 0 saturated heterocycles. The summed E-state index contributed by atoms with van der Waals surface area (Å²) in [6, 6.07) is 13.3. The van der Waals surface area contributed by atoms with E-state index in [-0.39, 0.29) is 0 Å². The van der Waals surface area contributed by atoms with Crippen LogP contribution in [0.3, 0.4) is 0 Å². The van der Waals surface area contributed by atoms with Gasteiger partial charge < -0.3 is 4.74 Å². The highest BCUT2D eigenvalue weighted by molar-refractivity contribution is 9.10. The predicted molar refractivity (Wildman–Crippen MR) is 83.4 cm³/mol. The lowest BCUT2D eigenvalue weighted by molar-refractivity contribution is 0.415. The highest BCUT2D eigenvalue weighted by atomic mass is 79.9. The van der Waals surface area contributed by atoms with Crippen LogP contribution < -0.4 is 10.2 Å². The first kappa shape index (κ1) is 13.9. The molecule has 0 aliphatic carbocycles. The van der Waals surface area contributed by atoms with Gasteiger partial charge in [-0.25, -0.2) is 0 Å². The van der Waals surface area contributed by atoms with Crippen molar-refractivity contribution in [1.29, 1.82) is 0 Å². The van der Waals surface area contributed by atoms with Gasteiger partial charge in [-0.1, -0.05) is 39.7 Å². The molecule has 5 heteroatoms. The van der Waals surface area contributed by atoms with Gasteiger partial charge in [0.1, 0.15) is 5.75 Å². The Kier molecular flexibility index (Phi) is 4.82. The van der Waals surface area contributed by atoms with Crippen molar-refractivity contribution in [2.24, 2.45) is 5.10 Å². The first-order chi connectivity index (χ1) is 9.19. The van der Waals surface area contributed by atoms with Crippen molar-refractivity contribution < 1.29 is 4.74 Å². The number of ether oxygens (including phenoxy) is 1. The summed E-state index contributed by atoms with van der Waals surface area (Å²) in [7, 11) is 1.58. The van der Waals surface area contributed by atoms with Crippen LogP contribution in [0, 0.1) is 0 Å². The number of methoxy groups -OCH3 is 1. The molecule has 2 aromatic carbocycles. The topological polar surface area (TPSA) is 33.6 Å². The van der Waals surface area contributed by atoms with Crippen LogP contribution in [0.4, 0.5) is 5.69 Å². The van der Waals surface area contributed by atoms with Crippen molar-refractivity contribution in [1.82, 2.24) is 0 Å². The van der Waals surface area contributed by atoms with Gasteiger partial charge in [-0.15, -0.1) is 0 Å². The van der Waals surface area contributed by atoms with E-state index in [2.05, 4.69) is 26.5 Å². The summed E-state index contributed by atoms with van der Waals surface area (Å²) < 4.78 is 6.12.